The molecule has 0 spiro atoms. The summed E-state index contributed by atoms with van der Waals surface area (Å²) in [4.78, 5) is 15.6. The third-order valence-corrected chi connectivity index (χ3v) is 4.44. The molecule has 4 heteroatoms. The zero-order chi connectivity index (χ0) is 14.7. The van der Waals surface area contributed by atoms with Crippen molar-refractivity contribution in [3.63, 3.8) is 0 Å². The van der Waals surface area contributed by atoms with Crippen molar-refractivity contribution in [3.05, 3.63) is 57.3 Å². The second-order valence-corrected chi connectivity index (χ2v) is 5.94. The smallest absolute Gasteiger partial charge is 0.254 e. The van der Waals surface area contributed by atoms with Crippen LogP contribution in [0.2, 0.25) is 0 Å². The highest BCUT2D eigenvalue weighted by atomic mass is 32.1. The number of carbonyl (C=O) groups excluding carboxylic acids is 1. The zero-order valence-electron chi connectivity index (χ0n) is 11.6. The Morgan fingerprint density at radius 1 is 1.33 bits per heavy atom. The molecule has 0 unspecified atom stereocenters. The molecule has 21 heavy (non-hydrogen) atoms. The Balaban J connectivity index is 1.74. The van der Waals surface area contributed by atoms with Gasteiger partial charge in [-0.1, -0.05) is 30.0 Å². The fourth-order valence-corrected chi connectivity index (χ4v) is 3.33. The number of benzene rings is 1. The first-order valence-corrected chi connectivity index (χ1v) is 7.79. The van der Waals surface area contributed by atoms with Gasteiger partial charge in [0.15, 0.2) is 0 Å². The lowest BCUT2D eigenvalue weighted by Crippen LogP contribution is -2.36. The van der Waals surface area contributed by atoms with Gasteiger partial charge < -0.3 is 10.6 Å². The van der Waals surface area contributed by atoms with Crippen LogP contribution in [-0.2, 0) is 13.0 Å². The maximum Gasteiger partial charge on any atom is 0.254 e. The van der Waals surface area contributed by atoms with Gasteiger partial charge >= 0.3 is 0 Å². The van der Waals surface area contributed by atoms with Gasteiger partial charge in [-0.25, -0.2) is 0 Å². The van der Waals surface area contributed by atoms with E-state index in [1.807, 2.05) is 40.6 Å². The number of amides is 1. The molecule has 2 N–H and O–H groups in total. The second kappa shape index (κ2) is 6.13. The summed E-state index contributed by atoms with van der Waals surface area (Å²) in [5.41, 5.74) is 8.34. The van der Waals surface area contributed by atoms with Gasteiger partial charge in [-0.3, -0.25) is 4.79 Å². The SMILES string of the molecule is NCC#Cc1csc(CN2CCc3ccccc3C2=O)c1. The third kappa shape index (κ3) is 2.99. The molecule has 1 amide bonds. The molecular formula is C17H16N2OS. The van der Waals surface area contributed by atoms with Crippen molar-refractivity contribution < 1.29 is 4.79 Å². The molecule has 0 saturated heterocycles. The van der Waals surface area contributed by atoms with E-state index in [0.29, 0.717) is 13.1 Å². The van der Waals surface area contributed by atoms with Crippen molar-refractivity contribution in [3.8, 4) is 11.8 Å². The molecule has 1 aliphatic rings. The van der Waals surface area contributed by atoms with Crippen LogP contribution >= 0.6 is 11.3 Å². The van der Waals surface area contributed by atoms with Gasteiger partial charge in [0.25, 0.3) is 5.91 Å². The van der Waals surface area contributed by atoms with Crippen molar-refractivity contribution in [2.24, 2.45) is 5.73 Å². The summed E-state index contributed by atoms with van der Waals surface area (Å²) >= 11 is 1.64. The van der Waals surface area contributed by atoms with Gasteiger partial charge in [-0.2, -0.15) is 0 Å². The maximum absolute atomic E-state index is 12.5. The topological polar surface area (TPSA) is 46.3 Å². The lowest BCUT2D eigenvalue weighted by Gasteiger charge is -2.28. The van der Waals surface area contributed by atoms with Crippen molar-refractivity contribution >= 4 is 17.2 Å². The van der Waals surface area contributed by atoms with Crippen LogP contribution in [-0.4, -0.2) is 23.9 Å². The third-order valence-electron chi connectivity index (χ3n) is 3.52. The molecule has 2 aromatic rings. The molecule has 0 saturated carbocycles. The first-order chi connectivity index (χ1) is 10.3. The number of nitrogens with two attached hydrogens (primary N) is 1. The lowest BCUT2D eigenvalue weighted by molar-refractivity contribution is 0.0729. The Morgan fingerprint density at radius 3 is 3.05 bits per heavy atom. The predicted molar refractivity (Wildman–Crippen MR) is 85.1 cm³/mol. The van der Waals surface area contributed by atoms with Crippen LogP contribution in [0.25, 0.3) is 0 Å². The monoisotopic (exact) mass is 296 g/mol. The molecule has 0 fully saturated rings. The van der Waals surface area contributed by atoms with Gasteiger partial charge in [0.2, 0.25) is 0 Å². The standard InChI is InChI=1S/C17H16N2OS/c18-8-3-4-13-10-15(21-12-13)11-19-9-7-14-5-1-2-6-16(14)17(19)20/h1-2,5-6,10,12H,7-9,11,18H2. The van der Waals surface area contributed by atoms with E-state index in [1.165, 1.54) is 0 Å². The Kier molecular flexibility index (Phi) is 4.05. The van der Waals surface area contributed by atoms with Crippen LogP contribution in [0.1, 0.15) is 26.4 Å². The van der Waals surface area contributed by atoms with E-state index >= 15 is 0 Å². The van der Waals surface area contributed by atoms with Crippen LogP contribution in [0.5, 0.6) is 0 Å². The van der Waals surface area contributed by atoms with Crippen LogP contribution in [0.15, 0.2) is 35.7 Å². The first-order valence-electron chi connectivity index (χ1n) is 6.91. The van der Waals surface area contributed by atoms with Gasteiger partial charge in [-0.15, -0.1) is 11.3 Å². The number of nitrogens with zero attached hydrogens (tertiary/aromatic N) is 1. The van der Waals surface area contributed by atoms with Crippen LogP contribution in [0.3, 0.4) is 0 Å². The number of carbonyl (C=O) groups is 1. The minimum absolute atomic E-state index is 0.125. The molecule has 106 valence electrons. The number of thiophene rings is 1. The Hall–Kier alpha value is -2.09. The van der Waals surface area contributed by atoms with E-state index in [2.05, 4.69) is 11.8 Å². The molecule has 1 aromatic heterocycles. The molecule has 1 aliphatic heterocycles. The number of hydrogen-bond donors (Lipinski definition) is 1. The van der Waals surface area contributed by atoms with Crippen molar-refractivity contribution in [2.45, 2.75) is 13.0 Å². The quantitative estimate of drug-likeness (QED) is 0.864. The second-order valence-electron chi connectivity index (χ2n) is 4.94. The van der Waals surface area contributed by atoms with Gasteiger partial charge in [0, 0.05) is 27.9 Å². The van der Waals surface area contributed by atoms with Gasteiger partial charge in [0.05, 0.1) is 13.1 Å². The highest BCUT2D eigenvalue weighted by molar-refractivity contribution is 7.10. The molecule has 1 aromatic carbocycles. The van der Waals surface area contributed by atoms with E-state index < -0.39 is 0 Å². The van der Waals surface area contributed by atoms with E-state index in [1.54, 1.807) is 11.3 Å². The summed E-state index contributed by atoms with van der Waals surface area (Å²) in [5, 5.41) is 2.01. The Bertz CT molecular complexity index is 724. The molecule has 0 atom stereocenters. The van der Waals surface area contributed by atoms with Crippen molar-refractivity contribution in [1.82, 2.24) is 4.90 Å². The number of fused-ring (bicyclic) bond motifs is 1. The van der Waals surface area contributed by atoms with Crippen LogP contribution < -0.4 is 5.73 Å². The molecule has 2 heterocycles. The Morgan fingerprint density at radius 2 is 2.19 bits per heavy atom. The van der Waals surface area contributed by atoms with E-state index in [9.17, 15) is 4.79 Å². The summed E-state index contributed by atoms with van der Waals surface area (Å²) in [6.45, 7) is 1.80. The summed E-state index contributed by atoms with van der Waals surface area (Å²) in [7, 11) is 0. The highest BCUT2D eigenvalue weighted by Gasteiger charge is 2.23. The fraction of sp³-hybridized carbons (Fsp3) is 0.235. The van der Waals surface area contributed by atoms with Crippen molar-refractivity contribution in [2.75, 3.05) is 13.1 Å². The van der Waals surface area contributed by atoms with Gasteiger partial charge in [0.1, 0.15) is 0 Å². The zero-order valence-corrected chi connectivity index (χ0v) is 12.5. The average molecular weight is 296 g/mol. The molecule has 0 radical (unpaired) electrons. The molecule has 0 bridgehead atoms. The first kappa shape index (κ1) is 13.9. The minimum Gasteiger partial charge on any atom is -0.333 e. The summed E-state index contributed by atoms with van der Waals surface area (Å²) < 4.78 is 0. The molecular weight excluding hydrogens is 280 g/mol. The maximum atomic E-state index is 12.5. The minimum atomic E-state index is 0.125. The van der Waals surface area contributed by atoms with Gasteiger partial charge in [-0.05, 0) is 24.1 Å². The molecule has 3 nitrogen and oxygen atoms in total. The highest BCUT2D eigenvalue weighted by Crippen LogP contribution is 2.22. The fourth-order valence-electron chi connectivity index (χ4n) is 2.50. The average Bonchev–Trinajstić information content (AvgIpc) is 2.96. The van der Waals surface area contributed by atoms with E-state index in [4.69, 9.17) is 5.73 Å². The van der Waals surface area contributed by atoms with E-state index in [-0.39, 0.29) is 5.91 Å². The largest absolute Gasteiger partial charge is 0.333 e. The van der Waals surface area contributed by atoms with Crippen LogP contribution in [0, 0.1) is 11.8 Å². The van der Waals surface area contributed by atoms with Crippen LogP contribution in [0.4, 0.5) is 0 Å². The summed E-state index contributed by atoms with van der Waals surface area (Å²) in [6, 6.07) is 9.91. The number of rotatable bonds is 2. The molecule has 3 rings (SSSR count). The molecule has 0 aliphatic carbocycles. The lowest BCUT2D eigenvalue weighted by atomic mass is 9.99. The summed E-state index contributed by atoms with van der Waals surface area (Å²) in [6.07, 6.45) is 0.924. The predicted octanol–water partition coefficient (Wildman–Crippen LogP) is 2.26. The normalized spacial score (nSPS) is 13.6. The van der Waals surface area contributed by atoms with E-state index in [0.717, 1.165) is 34.5 Å². The van der Waals surface area contributed by atoms with Crippen molar-refractivity contribution in [1.29, 1.82) is 0 Å². The Labute approximate surface area is 128 Å². The number of hydrogen-bond acceptors (Lipinski definition) is 3. The summed E-state index contributed by atoms with van der Waals surface area (Å²) in [5.74, 6) is 5.99.